The summed E-state index contributed by atoms with van der Waals surface area (Å²) in [5, 5.41) is 0. The van der Waals surface area contributed by atoms with Crippen LogP contribution in [0.25, 0.3) is 0 Å². The smallest absolute Gasteiger partial charge is 0.322 e. The van der Waals surface area contributed by atoms with Crippen LogP contribution in [-0.4, -0.2) is 19.1 Å². The summed E-state index contributed by atoms with van der Waals surface area (Å²) < 4.78 is 9.96. The van der Waals surface area contributed by atoms with Crippen LogP contribution >= 0.6 is 0 Å². The molecular weight excluding hydrogens is 194 g/mol. The fraction of sp³-hybridized carbons (Fsp3) is 0.364. The molecule has 0 aliphatic carbocycles. The van der Waals surface area contributed by atoms with E-state index in [1.54, 1.807) is 14.0 Å². The molecule has 0 fully saturated rings. The first-order valence-corrected chi connectivity index (χ1v) is 4.68. The van der Waals surface area contributed by atoms with Gasteiger partial charge in [-0.25, -0.2) is 0 Å². The number of methoxy groups -OCH3 is 1. The molecule has 2 N–H and O–H groups in total. The maximum absolute atomic E-state index is 11.1. The number of benzene rings is 1. The summed E-state index contributed by atoms with van der Waals surface area (Å²) in [7, 11) is 1.60. The lowest BCUT2D eigenvalue weighted by molar-refractivity contribution is -0.146. The van der Waals surface area contributed by atoms with Gasteiger partial charge in [0.05, 0.1) is 7.11 Å². The zero-order valence-corrected chi connectivity index (χ0v) is 8.90. The highest BCUT2D eigenvalue weighted by Crippen LogP contribution is 2.11. The third-order valence-electron chi connectivity index (χ3n) is 1.91. The molecule has 0 aromatic heterocycles. The van der Waals surface area contributed by atoms with Crippen molar-refractivity contribution in [3.8, 4) is 5.75 Å². The highest BCUT2D eigenvalue weighted by atomic mass is 16.5. The van der Waals surface area contributed by atoms with Gasteiger partial charge in [0.15, 0.2) is 0 Å². The van der Waals surface area contributed by atoms with E-state index < -0.39 is 12.0 Å². The minimum atomic E-state index is -0.580. The van der Waals surface area contributed by atoms with Crippen molar-refractivity contribution in [3.63, 3.8) is 0 Å². The Morgan fingerprint density at radius 1 is 1.40 bits per heavy atom. The molecular formula is C11H15NO3. The van der Waals surface area contributed by atoms with Gasteiger partial charge in [0.1, 0.15) is 18.4 Å². The first kappa shape index (κ1) is 11.5. The summed E-state index contributed by atoms with van der Waals surface area (Å²) in [6.45, 7) is 1.83. The number of ether oxygens (including phenoxy) is 2. The van der Waals surface area contributed by atoms with Crippen molar-refractivity contribution in [1.82, 2.24) is 0 Å². The van der Waals surface area contributed by atoms with Crippen LogP contribution < -0.4 is 10.5 Å². The number of carbonyl (C=O) groups is 1. The van der Waals surface area contributed by atoms with Crippen LogP contribution in [0.4, 0.5) is 0 Å². The van der Waals surface area contributed by atoms with Gasteiger partial charge in [0.25, 0.3) is 0 Å². The van der Waals surface area contributed by atoms with E-state index in [1.165, 1.54) is 0 Å². The Morgan fingerprint density at radius 3 is 2.47 bits per heavy atom. The van der Waals surface area contributed by atoms with Crippen LogP contribution in [0.3, 0.4) is 0 Å². The van der Waals surface area contributed by atoms with Gasteiger partial charge in [-0.2, -0.15) is 0 Å². The number of nitrogens with two attached hydrogens (primary N) is 1. The van der Waals surface area contributed by atoms with Crippen molar-refractivity contribution in [2.45, 2.75) is 19.6 Å². The van der Waals surface area contributed by atoms with E-state index in [0.717, 1.165) is 11.3 Å². The van der Waals surface area contributed by atoms with Gasteiger partial charge < -0.3 is 15.2 Å². The maximum Gasteiger partial charge on any atom is 0.322 e. The van der Waals surface area contributed by atoms with Crippen LogP contribution in [0, 0.1) is 0 Å². The Balaban J connectivity index is 2.47. The Kier molecular flexibility index (Phi) is 4.12. The molecule has 4 nitrogen and oxygen atoms in total. The quantitative estimate of drug-likeness (QED) is 0.754. The highest BCUT2D eigenvalue weighted by Gasteiger charge is 2.08. The maximum atomic E-state index is 11.1. The molecule has 0 spiro atoms. The molecule has 1 atom stereocenters. The summed E-state index contributed by atoms with van der Waals surface area (Å²) in [6, 6.07) is 6.73. The lowest BCUT2D eigenvalue weighted by atomic mass is 10.2. The lowest BCUT2D eigenvalue weighted by Gasteiger charge is -2.07. The number of rotatable bonds is 4. The standard InChI is InChI=1S/C11H15NO3/c1-8(12)11(13)15-7-9-3-5-10(14-2)6-4-9/h3-6,8H,7,12H2,1-2H3/t8-/m0/s1. The third kappa shape index (κ3) is 3.59. The topological polar surface area (TPSA) is 61.5 Å². The van der Waals surface area contributed by atoms with Gasteiger partial charge in [-0.05, 0) is 24.6 Å². The number of carbonyl (C=O) groups excluding carboxylic acids is 1. The van der Waals surface area contributed by atoms with Crippen LogP contribution in [-0.2, 0) is 16.1 Å². The van der Waals surface area contributed by atoms with E-state index in [0.29, 0.717) is 0 Å². The number of hydrogen-bond donors (Lipinski definition) is 1. The van der Waals surface area contributed by atoms with E-state index in [2.05, 4.69) is 0 Å². The highest BCUT2D eigenvalue weighted by molar-refractivity contribution is 5.74. The molecule has 82 valence electrons. The first-order chi connectivity index (χ1) is 7.13. The Bertz CT molecular complexity index is 319. The van der Waals surface area contributed by atoms with Gasteiger partial charge in [-0.15, -0.1) is 0 Å². The fourth-order valence-electron chi connectivity index (χ4n) is 1.01. The second-order valence-corrected chi connectivity index (χ2v) is 3.24. The summed E-state index contributed by atoms with van der Waals surface area (Å²) in [6.07, 6.45) is 0. The normalized spacial score (nSPS) is 11.9. The molecule has 0 unspecified atom stereocenters. The molecule has 0 saturated carbocycles. The van der Waals surface area contributed by atoms with Crippen LogP contribution in [0.1, 0.15) is 12.5 Å². The number of esters is 1. The molecule has 0 amide bonds. The largest absolute Gasteiger partial charge is 0.497 e. The fourth-order valence-corrected chi connectivity index (χ4v) is 1.01. The molecule has 1 rings (SSSR count). The van der Waals surface area contributed by atoms with E-state index in [-0.39, 0.29) is 6.61 Å². The molecule has 0 heterocycles. The van der Waals surface area contributed by atoms with Gasteiger partial charge in [0.2, 0.25) is 0 Å². The van der Waals surface area contributed by atoms with E-state index in [9.17, 15) is 4.79 Å². The monoisotopic (exact) mass is 209 g/mol. The van der Waals surface area contributed by atoms with Gasteiger partial charge >= 0.3 is 5.97 Å². The van der Waals surface area contributed by atoms with Crippen molar-refractivity contribution in [2.24, 2.45) is 5.73 Å². The van der Waals surface area contributed by atoms with Crippen molar-refractivity contribution >= 4 is 5.97 Å². The predicted octanol–water partition coefficient (Wildman–Crippen LogP) is 1.09. The molecule has 1 aromatic rings. The average molecular weight is 209 g/mol. The van der Waals surface area contributed by atoms with E-state index in [4.69, 9.17) is 15.2 Å². The molecule has 15 heavy (non-hydrogen) atoms. The first-order valence-electron chi connectivity index (χ1n) is 4.68. The van der Waals surface area contributed by atoms with Gasteiger partial charge in [-0.3, -0.25) is 4.79 Å². The summed E-state index contributed by atoms with van der Waals surface area (Å²) >= 11 is 0. The van der Waals surface area contributed by atoms with Gasteiger partial charge in [0, 0.05) is 0 Å². The molecule has 0 saturated heterocycles. The Morgan fingerprint density at radius 2 is 2.00 bits per heavy atom. The summed E-state index contributed by atoms with van der Waals surface area (Å²) in [4.78, 5) is 11.1. The van der Waals surface area contributed by atoms with Crippen LogP contribution in [0.15, 0.2) is 24.3 Å². The third-order valence-corrected chi connectivity index (χ3v) is 1.91. The Labute approximate surface area is 89.0 Å². The van der Waals surface area contributed by atoms with Crippen molar-refractivity contribution < 1.29 is 14.3 Å². The van der Waals surface area contributed by atoms with Crippen molar-refractivity contribution in [1.29, 1.82) is 0 Å². The second kappa shape index (κ2) is 5.36. The summed E-state index contributed by atoms with van der Waals surface area (Å²) in [5.74, 6) is 0.378. The molecule has 0 radical (unpaired) electrons. The molecule has 0 aliphatic rings. The minimum Gasteiger partial charge on any atom is -0.497 e. The van der Waals surface area contributed by atoms with E-state index in [1.807, 2.05) is 24.3 Å². The van der Waals surface area contributed by atoms with Crippen LogP contribution in [0.2, 0.25) is 0 Å². The summed E-state index contributed by atoms with van der Waals surface area (Å²) in [5.41, 5.74) is 6.26. The zero-order valence-electron chi connectivity index (χ0n) is 8.90. The molecule has 4 heteroatoms. The van der Waals surface area contributed by atoms with Crippen molar-refractivity contribution in [2.75, 3.05) is 7.11 Å². The number of hydrogen-bond acceptors (Lipinski definition) is 4. The second-order valence-electron chi connectivity index (χ2n) is 3.24. The lowest BCUT2D eigenvalue weighted by Crippen LogP contribution is -2.28. The average Bonchev–Trinajstić information content (AvgIpc) is 2.26. The van der Waals surface area contributed by atoms with Gasteiger partial charge in [-0.1, -0.05) is 12.1 Å². The SMILES string of the molecule is COc1ccc(COC(=O)[C@H](C)N)cc1. The van der Waals surface area contributed by atoms with Crippen LogP contribution in [0.5, 0.6) is 5.75 Å². The van der Waals surface area contributed by atoms with Crippen molar-refractivity contribution in [3.05, 3.63) is 29.8 Å². The zero-order chi connectivity index (χ0) is 11.3. The minimum absolute atomic E-state index is 0.240. The molecule has 0 bridgehead atoms. The molecule has 1 aromatic carbocycles. The molecule has 0 aliphatic heterocycles. The van der Waals surface area contributed by atoms with E-state index >= 15 is 0 Å². The predicted molar refractivity (Wildman–Crippen MR) is 56.4 cm³/mol. The Hall–Kier alpha value is -1.55.